The van der Waals surface area contributed by atoms with Gasteiger partial charge in [0.05, 0.1) is 19.3 Å². The molecule has 4 aromatic rings. The molecule has 1 fully saturated rings. The molecule has 246 valence electrons. The maximum atomic E-state index is 13.3. The summed E-state index contributed by atoms with van der Waals surface area (Å²) >= 11 is 1.72. The number of ketones is 1. The van der Waals surface area contributed by atoms with Crippen LogP contribution in [0.1, 0.15) is 63.9 Å². The van der Waals surface area contributed by atoms with E-state index < -0.39 is 26.4 Å². The van der Waals surface area contributed by atoms with Gasteiger partial charge in [-0.1, -0.05) is 124 Å². The monoisotopic (exact) mass is 666 g/mol. The van der Waals surface area contributed by atoms with E-state index in [0.717, 1.165) is 11.3 Å². The summed E-state index contributed by atoms with van der Waals surface area (Å²) < 4.78 is 13.6. The van der Waals surface area contributed by atoms with Crippen molar-refractivity contribution in [2.75, 3.05) is 7.11 Å². The van der Waals surface area contributed by atoms with Crippen molar-refractivity contribution in [2.24, 2.45) is 11.8 Å². The highest BCUT2D eigenvalue weighted by Crippen LogP contribution is 2.43. The van der Waals surface area contributed by atoms with Crippen LogP contribution in [0.5, 0.6) is 0 Å². The van der Waals surface area contributed by atoms with E-state index in [1.165, 1.54) is 27.6 Å². The molecule has 5 rings (SSSR count). The Kier molecular flexibility index (Phi) is 11.5. The molecule has 1 aliphatic rings. The Labute approximate surface area is 284 Å². The molecule has 5 nitrogen and oxygen atoms in total. The average Bonchev–Trinajstić information content (AvgIpc) is 3.62. The number of hydrogen-bond acceptors (Lipinski definition) is 6. The Balaban J connectivity index is 1.52. The smallest absolute Gasteiger partial charge is 0.305 e. The molecule has 1 aliphatic carbocycles. The lowest BCUT2D eigenvalue weighted by Gasteiger charge is -2.44. The van der Waals surface area contributed by atoms with Gasteiger partial charge in [-0.3, -0.25) is 9.59 Å². The molecule has 0 spiro atoms. The number of benzene rings is 3. The number of carbonyl (C=O) groups excluding carboxylic acids is 2. The third kappa shape index (κ3) is 7.92. The van der Waals surface area contributed by atoms with Crippen LogP contribution in [-0.4, -0.2) is 38.4 Å². The molecule has 1 N–H and O–H groups in total. The zero-order valence-corrected chi connectivity index (χ0v) is 29.6. The van der Waals surface area contributed by atoms with Gasteiger partial charge in [-0.15, -0.1) is 11.3 Å². The summed E-state index contributed by atoms with van der Waals surface area (Å²) in [5, 5.41) is 14.3. The minimum Gasteiger partial charge on any atom is -0.469 e. The minimum atomic E-state index is -2.94. The largest absolute Gasteiger partial charge is 0.469 e. The predicted molar refractivity (Wildman–Crippen MR) is 195 cm³/mol. The second kappa shape index (κ2) is 15.5. The van der Waals surface area contributed by atoms with Crippen molar-refractivity contribution in [1.29, 1.82) is 0 Å². The highest BCUT2D eigenvalue weighted by molar-refractivity contribution is 7.19. The molecule has 0 unspecified atom stereocenters. The molecular weight excluding hydrogens is 621 g/mol. The molecular formula is C40H46O5SSi. The number of unbranched alkanes of at least 4 members (excludes halogenated alkanes) is 1. The van der Waals surface area contributed by atoms with E-state index in [1.807, 2.05) is 30.4 Å². The van der Waals surface area contributed by atoms with Gasteiger partial charge in [-0.05, 0) is 52.2 Å². The van der Waals surface area contributed by atoms with Crippen LogP contribution in [0.3, 0.4) is 0 Å². The fourth-order valence-electron chi connectivity index (χ4n) is 6.80. The Morgan fingerprint density at radius 3 is 2.23 bits per heavy atom. The summed E-state index contributed by atoms with van der Waals surface area (Å²) in [5.41, 5.74) is 0. The number of carbonyl (C=O) groups is 2. The summed E-state index contributed by atoms with van der Waals surface area (Å²) in [6.07, 6.45) is 9.61. The van der Waals surface area contributed by atoms with Crippen LogP contribution in [0, 0.1) is 11.8 Å². The quantitative estimate of drug-likeness (QED) is 0.0679. The molecule has 1 saturated carbocycles. The summed E-state index contributed by atoms with van der Waals surface area (Å²) in [6.45, 7) is 6.82. The van der Waals surface area contributed by atoms with Gasteiger partial charge >= 0.3 is 5.97 Å². The van der Waals surface area contributed by atoms with Crippen molar-refractivity contribution in [3.05, 3.63) is 120 Å². The maximum absolute atomic E-state index is 13.3. The number of allylic oxidation sites excluding steroid dienone is 3. The zero-order chi connectivity index (χ0) is 33.4. The van der Waals surface area contributed by atoms with E-state index in [4.69, 9.17) is 9.16 Å². The maximum Gasteiger partial charge on any atom is 0.305 e. The highest BCUT2D eigenvalue weighted by Gasteiger charge is 2.51. The second-order valence-electron chi connectivity index (χ2n) is 13.4. The van der Waals surface area contributed by atoms with E-state index in [9.17, 15) is 14.7 Å². The van der Waals surface area contributed by atoms with Gasteiger partial charge in [-0.2, -0.15) is 0 Å². The minimum absolute atomic E-state index is 0.0541. The van der Waals surface area contributed by atoms with E-state index in [1.54, 1.807) is 11.3 Å². The number of fused-ring (bicyclic) bond motifs is 1. The molecule has 4 atom stereocenters. The first-order valence-electron chi connectivity index (χ1n) is 16.5. The lowest BCUT2D eigenvalue weighted by molar-refractivity contribution is -0.140. The van der Waals surface area contributed by atoms with Gasteiger partial charge < -0.3 is 14.3 Å². The summed E-state index contributed by atoms with van der Waals surface area (Å²) in [4.78, 5) is 25.8. The number of methoxy groups -OCH3 is 1. The number of thiophene rings is 1. The van der Waals surface area contributed by atoms with Gasteiger partial charge in [0.2, 0.25) is 0 Å². The molecule has 0 saturated heterocycles. The van der Waals surface area contributed by atoms with Crippen LogP contribution in [0.4, 0.5) is 0 Å². The first kappa shape index (κ1) is 34.7. The molecule has 0 amide bonds. The lowest BCUT2D eigenvalue weighted by Crippen LogP contribution is -2.66. The molecule has 7 heteroatoms. The van der Waals surface area contributed by atoms with Crippen LogP contribution in [0.15, 0.2) is 115 Å². The first-order chi connectivity index (χ1) is 22.6. The zero-order valence-electron chi connectivity index (χ0n) is 27.8. The third-order valence-electron chi connectivity index (χ3n) is 9.23. The average molecular weight is 667 g/mol. The standard InChI is InChI=1S/C40H46O5SSi/c1-40(2,3)47(30-18-9-7-10-19-30,31-20-11-8-12-21-31)45-36(38-27-29-17-15-16-23-37(29)46-38)26-25-33-32(34(41)28-35(33)42)22-13-5-6-14-24-39(43)44-4/h5,7-13,15-21,23,25-27,32-34,36,41H,6,14,22,24,28H2,1-4H3/t32-,33+,34-,36-/m1/s1. The van der Waals surface area contributed by atoms with Crippen LogP contribution in [0.25, 0.3) is 10.1 Å². The Bertz CT molecular complexity index is 1620. The van der Waals surface area contributed by atoms with Gasteiger partial charge in [0.1, 0.15) is 5.78 Å². The number of aliphatic hydroxyl groups excluding tert-OH is 1. The third-order valence-corrected chi connectivity index (χ3v) is 15.4. The number of Topliss-reactive ketones (excluding diaryl/α,β-unsaturated/α-hetero) is 1. The summed E-state index contributed by atoms with van der Waals surface area (Å²) in [7, 11) is -1.54. The van der Waals surface area contributed by atoms with Crippen molar-refractivity contribution >= 4 is 51.9 Å². The molecule has 0 aliphatic heterocycles. The summed E-state index contributed by atoms with van der Waals surface area (Å²) in [5.74, 6) is -0.789. The molecule has 0 radical (unpaired) electrons. The van der Waals surface area contributed by atoms with Gasteiger partial charge in [-0.25, -0.2) is 0 Å². The number of esters is 1. The fraction of sp³-hybridized carbons (Fsp3) is 0.350. The molecule has 0 bridgehead atoms. The molecule has 1 heterocycles. The normalized spacial score (nSPS) is 19.6. The lowest BCUT2D eigenvalue weighted by atomic mass is 9.90. The number of ether oxygens (including phenoxy) is 1. The number of rotatable bonds is 13. The van der Waals surface area contributed by atoms with Crippen LogP contribution >= 0.6 is 11.3 Å². The number of hydrogen-bond donors (Lipinski definition) is 1. The van der Waals surface area contributed by atoms with Crippen molar-refractivity contribution in [2.45, 2.75) is 70.1 Å². The summed E-state index contributed by atoms with van der Waals surface area (Å²) in [6, 6.07) is 31.8. The molecule has 47 heavy (non-hydrogen) atoms. The van der Waals surface area contributed by atoms with Crippen molar-refractivity contribution < 1.29 is 23.9 Å². The molecule has 1 aromatic heterocycles. The Morgan fingerprint density at radius 1 is 0.979 bits per heavy atom. The van der Waals surface area contributed by atoms with Gasteiger partial charge in [0.15, 0.2) is 0 Å². The van der Waals surface area contributed by atoms with E-state index in [0.29, 0.717) is 19.3 Å². The van der Waals surface area contributed by atoms with Gasteiger partial charge in [0.25, 0.3) is 8.32 Å². The van der Waals surface area contributed by atoms with E-state index >= 15 is 0 Å². The van der Waals surface area contributed by atoms with Crippen molar-refractivity contribution in [3.8, 4) is 0 Å². The first-order valence-corrected chi connectivity index (χ1v) is 19.2. The van der Waals surface area contributed by atoms with E-state index in [2.05, 4.69) is 106 Å². The van der Waals surface area contributed by atoms with Gasteiger partial charge in [0, 0.05) is 34.3 Å². The topological polar surface area (TPSA) is 72.8 Å². The van der Waals surface area contributed by atoms with Crippen molar-refractivity contribution in [3.63, 3.8) is 0 Å². The second-order valence-corrected chi connectivity index (χ2v) is 18.7. The van der Waals surface area contributed by atoms with Crippen LogP contribution in [-0.2, 0) is 18.8 Å². The van der Waals surface area contributed by atoms with E-state index in [-0.39, 0.29) is 29.1 Å². The highest BCUT2D eigenvalue weighted by atomic mass is 32.1. The Hall–Kier alpha value is -3.62. The SMILES string of the molecule is COC(=O)CCCC=CC[C@H]1[C@H](O)CC(=O)[C@H]1C=C[C@@H](O[Si](c1ccccc1)(c1ccccc1)C(C)(C)C)c1cc2ccccc2s1. The number of aliphatic hydroxyl groups is 1. The Morgan fingerprint density at radius 2 is 1.62 bits per heavy atom. The van der Waals surface area contributed by atoms with Crippen LogP contribution < -0.4 is 10.4 Å². The van der Waals surface area contributed by atoms with Crippen molar-refractivity contribution in [1.82, 2.24) is 0 Å². The van der Waals surface area contributed by atoms with Crippen LogP contribution in [0.2, 0.25) is 5.04 Å². The predicted octanol–water partition coefficient (Wildman–Crippen LogP) is 7.93. The molecule has 3 aromatic carbocycles. The fourth-order valence-corrected chi connectivity index (χ4v) is 12.6.